The van der Waals surface area contributed by atoms with Crippen LogP contribution in [0.25, 0.3) is 5.70 Å². The number of nitrogens with two attached hydrogens (primary N) is 1. The van der Waals surface area contributed by atoms with Crippen LogP contribution in [-0.4, -0.2) is 23.2 Å². The molecule has 3 rings (SSSR count). The first-order valence-corrected chi connectivity index (χ1v) is 6.77. The number of fused-ring (bicyclic) bond motifs is 1. The van der Waals surface area contributed by atoms with E-state index in [4.69, 9.17) is 5.73 Å². The summed E-state index contributed by atoms with van der Waals surface area (Å²) < 4.78 is 0. The topological polar surface area (TPSA) is 41.6 Å². The Balaban J connectivity index is 0.00000120. The van der Waals surface area contributed by atoms with Gasteiger partial charge < -0.3 is 10.6 Å². The predicted molar refractivity (Wildman–Crippen MR) is 85.0 cm³/mol. The first-order valence-electron chi connectivity index (χ1n) is 5.89. The van der Waals surface area contributed by atoms with E-state index in [2.05, 4.69) is 27.4 Å². The molecule has 0 bridgehead atoms. The second kappa shape index (κ2) is 5.80. The molecule has 2 N–H and O–H groups in total. The molecule has 0 fully saturated rings. The number of thioether (sulfide) groups is 1. The zero-order valence-corrected chi connectivity index (χ0v) is 12.5. The molecule has 3 nitrogen and oxygen atoms in total. The van der Waals surface area contributed by atoms with Crippen molar-refractivity contribution in [3.8, 4) is 0 Å². The van der Waals surface area contributed by atoms with Crippen LogP contribution in [0.2, 0.25) is 0 Å². The van der Waals surface area contributed by atoms with Crippen LogP contribution in [0.5, 0.6) is 0 Å². The molecule has 0 unspecified atom stereocenters. The summed E-state index contributed by atoms with van der Waals surface area (Å²) in [6.07, 6.45) is 2.40. The molecule has 1 aromatic carbocycles. The Kier molecular flexibility index (Phi) is 4.35. The highest BCUT2D eigenvalue weighted by molar-refractivity contribution is 8.93. The molecule has 0 amide bonds. The number of hydrogen-bond acceptors (Lipinski definition) is 4. The van der Waals surface area contributed by atoms with Crippen LogP contribution in [-0.2, 0) is 0 Å². The minimum absolute atomic E-state index is 0. The Labute approximate surface area is 122 Å². The van der Waals surface area contributed by atoms with E-state index in [9.17, 15) is 0 Å². The number of aliphatic imine (C=N–C) groups is 1. The highest BCUT2D eigenvalue weighted by atomic mass is 79.9. The molecule has 0 saturated heterocycles. The molecule has 0 radical (unpaired) electrons. The number of benzene rings is 1. The van der Waals surface area contributed by atoms with Crippen LogP contribution in [0.15, 0.2) is 34.7 Å². The SMILES string of the molecule is Br.Nc1ccc(C2=CSC3=NCCCCN23)cc1. The van der Waals surface area contributed by atoms with Crippen molar-refractivity contribution in [2.75, 3.05) is 18.8 Å². The third kappa shape index (κ3) is 2.57. The van der Waals surface area contributed by atoms with Gasteiger partial charge in [-0.25, -0.2) is 0 Å². The Bertz CT molecular complexity index is 482. The van der Waals surface area contributed by atoms with Crippen molar-refractivity contribution in [2.45, 2.75) is 12.8 Å². The van der Waals surface area contributed by atoms with Crippen molar-refractivity contribution >= 4 is 45.3 Å². The average Bonchev–Trinajstić information content (AvgIpc) is 2.60. The van der Waals surface area contributed by atoms with Gasteiger partial charge in [-0.2, -0.15) is 0 Å². The summed E-state index contributed by atoms with van der Waals surface area (Å²) in [6, 6.07) is 8.06. The zero-order chi connectivity index (χ0) is 11.7. The molecular weight excluding hydrogens is 310 g/mol. The molecule has 0 aliphatic carbocycles. The number of nitrogens with zero attached hydrogens (tertiary/aromatic N) is 2. The lowest BCUT2D eigenvalue weighted by atomic mass is 10.1. The summed E-state index contributed by atoms with van der Waals surface area (Å²) in [5.74, 6) is 0. The number of rotatable bonds is 1. The summed E-state index contributed by atoms with van der Waals surface area (Å²) in [5, 5.41) is 3.34. The second-order valence-corrected chi connectivity index (χ2v) is 5.10. The molecule has 18 heavy (non-hydrogen) atoms. The first-order chi connectivity index (χ1) is 8.34. The normalized spacial score (nSPS) is 18.3. The van der Waals surface area contributed by atoms with Gasteiger partial charge in [0.2, 0.25) is 0 Å². The third-order valence-electron chi connectivity index (χ3n) is 3.04. The van der Waals surface area contributed by atoms with Gasteiger partial charge in [-0.1, -0.05) is 23.9 Å². The maximum atomic E-state index is 5.72. The van der Waals surface area contributed by atoms with Crippen molar-refractivity contribution in [3.05, 3.63) is 35.2 Å². The number of halogens is 1. The van der Waals surface area contributed by atoms with Gasteiger partial charge in [0.15, 0.2) is 5.17 Å². The second-order valence-electron chi connectivity index (χ2n) is 4.27. The van der Waals surface area contributed by atoms with Gasteiger partial charge in [0.05, 0.1) is 5.70 Å². The molecule has 2 heterocycles. The van der Waals surface area contributed by atoms with Gasteiger partial charge in [0.1, 0.15) is 0 Å². The Hall–Kier alpha value is -0.940. The molecule has 0 atom stereocenters. The predicted octanol–water partition coefficient (Wildman–Crippen LogP) is 3.34. The molecule has 0 spiro atoms. The lowest BCUT2D eigenvalue weighted by molar-refractivity contribution is 0.571. The Morgan fingerprint density at radius 1 is 1.17 bits per heavy atom. The van der Waals surface area contributed by atoms with Crippen LogP contribution < -0.4 is 5.73 Å². The van der Waals surface area contributed by atoms with Gasteiger partial charge in [-0.05, 0) is 30.5 Å². The smallest absolute Gasteiger partial charge is 0.168 e. The third-order valence-corrected chi connectivity index (χ3v) is 3.94. The summed E-state index contributed by atoms with van der Waals surface area (Å²) in [4.78, 5) is 6.93. The van der Waals surface area contributed by atoms with Gasteiger partial charge in [0, 0.05) is 24.2 Å². The van der Waals surface area contributed by atoms with E-state index in [1.165, 1.54) is 24.1 Å². The summed E-state index contributed by atoms with van der Waals surface area (Å²) in [7, 11) is 0. The van der Waals surface area contributed by atoms with Crippen LogP contribution in [0.3, 0.4) is 0 Å². The molecule has 1 aromatic rings. The van der Waals surface area contributed by atoms with E-state index < -0.39 is 0 Å². The van der Waals surface area contributed by atoms with Crippen LogP contribution in [0.1, 0.15) is 18.4 Å². The standard InChI is InChI=1S/C13H15N3S.BrH/c14-11-5-3-10(4-6-11)12-9-17-13-15-7-1-2-8-16(12)13;/h3-6,9H,1-2,7-8,14H2;1H. The molecule has 0 saturated carbocycles. The van der Waals surface area contributed by atoms with Crippen molar-refractivity contribution in [3.63, 3.8) is 0 Å². The van der Waals surface area contributed by atoms with E-state index in [-0.39, 0.29) is 17.0 Å². The molecule has 96 valence electrons. The monoisotopic (exact) mass is 325 g/mol. The quantitative estimate of drug-likeness (QED) is 0.805. The van der Waals surface area contributed by atoms with Crippen molar-refractivity contribution in [1.82, 2.24) is 4.90 Å². The zero-order valence-electron chi connectivity index (χ0n) is 10.0. The van der Waals surface area contributed by atoms with Crippen molar-refractivity contribution in [1.29, 1.82) is 0 Å². The minimum atomic E-state index is 0. The van der Waals surface area contributed by atoms with E-state index in [0.717, 1.165) is 23.9 Å². The van der Waals surface area contributed by atoms with Crippen LogP contribution in [0.4, 0.5) is 5.69 Å². The minimum Gasteiger partial charge on any atom is -0.399 e. The van der Waals surface area contributed by atoms with Gasteiger partial charge in [-0.3, -0.25) is 4.99 Å². The molecule has 2 aliphatic heterocycles. The lowest BCUT2D eigenvalue weighted by Gasteiger charge is -2.20. The maximum absolute atomic E-state index is 5.72. The Morgan fingerprint density at radius 2 is 1.94 bits per heavy atom. The van der Waals surface area contributed by atoms with Gasteiger partial charge in [0.25, 0.3) is 0 Å². The van der Waals surface area contributed by atoms with Crippen LogP contribution >= 0.6 is 28.7 Å². The average molecular weight is 326 g/mol. The van der Waals surface area contributed by atoms with E-state index >= 15 is 0 Å². The molecule has 5 heteroatoms. The summed E-state index contributed by atoms with van der Waals surface area (Å²) in [6.45, 7) is 2.03. The highest BCUT2D eigenvalue weighted by Crippen LogP contribution is 2.34. The number of nitrogen functional groups attached to an aromatic ring is 1. The molecular formula is C13H16BrN3S. The van der Waals surface area contributed by atoms with Gasteiger partial charge >= 0.3 is 0 Å². The van der Waals surface area contributed by atoms with Gasteiger partial charge in [-0.15, -0.1) is 17.0 Å². The Morgan fingerprint density at radius 3 is 2.72 bits per heavy atom. The van der Waals surface area contributed by atoms with Crippen molar-refractivity contribution in [2.24, 2.45) is 4.99 Å². The fourth-order valence-corrected chi connectivity index (χ4v) is 3.07. The molecule has 2 aliphatic rings. The number of hydrogen-bond donors (Lipinski definition) is 1. The van der Waals surface area contributed by atoms with E-state index in [1.807, 2.05) is 12.1 Å². The number of amidine groups is 1. The van der Waals surface area contributed by atoms with E-state index in [0.29, 0.717) is 0 Å². The van der Waals surface area contributed by atoms with E-state index in [1.54, 1.807) is 11.8 Å². The summed E-state index contributed by atoms with van der Waals surface area (Å²) >= 11 is 1.73. The fourth-order valence-electron chi connectivity index (χ4n) is 2.11. The summed E-state index contributed by atoms with van der Waals surface area (Å²) in [5.41, 5.74) is 9.01. The number of anilines is 1. The highest BCUT2D eigenvalue weighted by Gasteiger charge is 2.24. The lowest BCUT2D eigenvalue weighted by Crippen LogP contribution is -2.23. The van der Waals surface area contributed by atoms with Crippen molar-refractivity contribution < 1.29 is 0 Å². The fraction of sp³-hybridized carbons (Fsp3) is 0.308. The maximum Gasteiger partial charge on any atom is 0.168 e. The molecule has 0 aromatic heterocycles. The largest absolute Gasteiger partial charge is 0.399 e. The first kappa shape index (κ1) is 13.5. The van der Waals surface area contributed by atoms with Crippen LogP contribution in [0, 0.1) is 0 Å².